The Labute approximate surface area is 135 Å². The Hall–Kier alpha value is -0.810. The summed E-state index contributed by atoms with van der Waals surface area (Å²) in [5.74, 6) is 0. The minimum Gasteiger partial charge on any atom is -0.444 e. The van der Waals surface area contributed by atoms with Crippen LogP contribution >= 0.6 is 0 Å². The second-order valence-electron chi connectivity index (χ2n) is 7.76. The number of ether oxygens (including phenoxy) is 1. The van der Waals surface area contributed by atoms with Crippen LogP contribution < -0.4 is 5.32 Å². The smallest absolute Gasteiger partial charge is 0.410 e. The van der Waals surface area contributed by atoms with E-state index in [0.717, 1.165) is 51.5 Å². The molecule has 0 aromatic rings. The summed E-state index contributed by atoms with van der Waals surface area (Å²) in [6.45, 7) is 9.54. The second-order valence-corrected chi connectivity index (χ2v) is 7.76. The normalized spacial score (nSPS) is 23.5. The number of carbonyl (C=O) groups excluding carboxylic acids is 1. The first kappa shape index (κ1) is 17.5. The molecule has 1 unspecified atom stereocenters. The number of likely N-dealkylation sites (N-methyl/N-ethyl adjacent to an activating group) is 1. The topological polar surface area (TPSA) is 44.8 Å². The maximum atomic E-state index is 12.1. The van der Waals surface area contributed by atoms with Gasteiger partial charge in [-0.2, -0.15) is 0 Å². The predicted molar refractivity (Wildman–Crippen MR) is 89.1 cm³/mol. The number of likely N-dealkylation sites (tertiary alicyclic amines) is 1. The molecule has 128 valence electrons. The van der Waals surface area contributed by atoms with Crippen LogP contribution in [-0.4, -0.2) is 66.8 Å². The fourth-order valence-electron chi connectivity index (χ4n) is 2.95. The van der Waals surface area contributed by atoms with E-state index >= 15 is 0 Å². The highest BCUT2D eigenvalue weighted by atomic mass is 16.6. The van der Waals surface area contributed by atoms with E-state index in [1.54, 1.807) is 0 Å². The lowest BCUT2D eigenvalue weighted by Gasteiger charge is -2.26. The lowest BCUT2D eigenvalue weighted by molar-refractivity contribution is 0.0256. The van der Waals surface area contributed by atoms with Crippen molar-refractivity contribution < 1.29 is 9.53 Å². The van der Waals surface area contributed by atoms with Gasteiger partial charge < -0.3 is 19.9 Å². The van der Waals surface area contributed by atoms with Crippen LogP contribution in [0.2, 0.25) is 0 Å². The summed E-state index contributed by atoms with van der Waals surface area (Å²) in [6.07, 6.45) is 5.78. The molecule has 1 saturated carbocycles. The van der Waals surface area contributed by atoms with Gasteiger partial charge in [-0.3, -0.25) is 0 Å². The van der Waals surface area contributed by atoms with Gasteiger partial charge in [-0.05, 0) is 59.9 Å². The molecule has 1 aliphatic heterocycles. The maximum absolute atomic E-state index is 12.1. The van der Waals surface area contributed by atoms with E-state index in [9.17, 15) is 4.79 Å². The zero-order valence-electron chi connectivity index (χ0n) is 14.7. The number of nitrogens with one attached hydrogen (secondary N) is 1. The molecule has 0 radical (unpaired) electrons. The summed E-state index contributed by atoms with van der Waals surface area (Å²) in [4.78, 5) is 16.5. The summed E-state index contributed by atoms with van der Waals surface area (Å²) in [5, 5.41) is 3.66. The molecule has 1 atom stereocenters. The van der Waals surface area contributed by atoms with E-state index < -0.39 is 5.60 Å². The van der Waals surface area contributed by atoms with Gasteiger partial charge in [-0.15, -0.1) is 0 Å². The van der Waals surface area contributed by atoms with Crippen LogP contribution in [0.3, 0.4) is 0 Å². The van der Waals surface area contributed by atoms with E-state index in [1.165, 1.54) is 12.8 Å². The van der Waals surface area contributed by atoms with E-state index in [1.807, 2.05) is 25.7 Å². The fourth-order valence-corrected chi connectivity index (χ4v) is 2.95. The standard InChI is InChI=1S/C17H33N3O2/c1-17(2,3)22-16(21)20-11-5-6-14(9-12-20)18-10-13-19(4)15-7-8-15/h14-15,18H,5-13H2,1-4H3. The van der Waals surface area contributed by atoms with Crippen molar-refractivity contribution >= 4 is 6.09 Å². The first-order valence-corrected chi connectivity index (χ1v) is 8.77. The molecule has 0 aromatic carbocycles. The van der Waals surface area contributed by atoms with Crippen LogP contribution in [0.1, 0.15) is 52.9 Å². The Morgan fingerprint density at radius 2 is 1.95 bits per heavy atom. The van der Waals surface area contributed by atoms with Gasteiger partial charge in [0, 0.05) is 38.3 Å². The van der Waals surface area contributed by atoms with Crippen molar-refractivity contribution in [3.05, 3.63) is 0 Å². The number of hydrogen-bond acceptors (Lipinski definition) is 4. The maximum Gasteiger partial charge on any atom is 0.410 e. The molecule has 1 saturated heterocycles. The molecule has 0 spiro atoms. The fraction of sp³-hybridized carbons (Fsp3) is 0.941. The molecule has 5 nitrogen and oxygen atoms in total. The molecule has 5 heteroatoms. The van der Waals surface area contributed by atoms with E-state index in [-0.39, 0.29) is 6.09 Å². The van der Waals surface area contributed by atoms with Crippen molar-refractivity contribution in [2.24, 2.45) is 0 Å². The third-order valence-electron chi connectivity index (χ3n) is 4.45. The first-order chi connectivity index (χ1) is 10.3. The Balaban J connectivity index is 1.66. The summed E-state index contributed by atoms with van der Waals surface area (Å²) >= 11 is 0. The van der Waals surface area contributed by atoms with Gasteiger partial charge in [0.15, 0.2) is 0 Å². The van der Waals surface area contributed by atoms with Gasteiger partial charge in [-0.25, -0.2) is 4.79 Å². The monoisotopic (exact) mass is 311 g/mol. The third-order valence-corrected chi connectivity index (χ3v) is 4.45. The number of nitrogens with zero attached hydrogens (tertiary/aromatic N) is 2. The van der Waals surface area contributed by atoms with Crippen LogP contribution in [0.4, 0.5) is 4.79 Å². The third kappa shape index (κ3) is 6.13. The minimum atomic E-state index is -0.408. The van der Waals surface area contributed by atoms with E-state index in [0.29, 0.717) is 6.04 Å². The molecule has 1 amide bonds. The number of rotatable bonds is 5. The molecule has 1 heterocycles. The van der Waals surface area contributed by atoms with Crippen LogP contribution in [0, 0.1) is 0 Å². The zero-order valence-corrected chi connectivity index (χ0v) is 14.7. The summed E-state index contributed by atoms with van der Waals surface area (Å²) in [6, 6.07) is 1.36. The van der Waals surface area contributed by atoms with E-state index in [4.69, 9.17) is 4.74 Å². The van der Waals surface area contributed by atoms with Crippen LogP contribution in [0.15, 0.2) is 0 Å². The lowest BCUT2D eigenvalue weighted by atomic mass is 10.1. The molecule has 2 aliphatic rings. The van der Waals surface area contributed by atoms with Crippen molar-refractivity contribution in [2.75, 3.05) is 33.2 Å². The second kappa shape index (κ2) is 7.64. The Morgan fingerprint density at radius 1 is 1.23 bits per heavy atom. The van der Waals surface area contributed by atoms with Gasteiger partial charge in [-0.1, -0.05) is 0 Å². The summed E-state index contributed by atoms with van der Waals surface area (Å²) in [7, 11) is 2.22. The van der Waals surface area contributed by atoms with Gasteiger partial charge in [0.05, 0.1) is 0 Å². The molecular weight excluding hydrogens is 278 g/mol. The lowest BCUT2D eigenvalue weighted by Crippen LogP contribution is -2.39. The number of amides is 1. The van der Waals surface area contributed by atoms with Crippen molar-refractivity contribution in [3.63, 3.8) is 0 Å². The molecule has 0 bridgehead atoms. The highest BCUT2D eigenvalue weighted by Gasteiger charge is 2.27. The van der Waals surface area contributed by atoms with Gasteiger partial charge in [0.25, 0.3) is 0 Å². The molecule has 1 N–H and O–H groups in total. The summed E-state index contributed by atoms with van der Waals surface area (Å²) in [5.41, 5.74) is -0.408. The largest absolute Gasteiger partial charge is 0.444 e. The highest BCUT2D eigenvalue weighted by molar-refractivity contribution is 5.68. The van der Waals surface area contributed by atoms with Crippen molar-refractivity contribution in [2.45, 2.75) is 70.6 Å². The van der Waals surface area contributed by atoms with Crippen molar-refractivity contribution in [1.82, 2.24) is 15.1 Å². The van der Waals surface area contributed by atoms with Crippen LogP contribution in [0.5, 0.6) is 0 Å². The number of hydrogen-bond donors (Lipinski definition) is 1. The summed E-state index contributed by atoms with van der Waals surface area (Å²) < 4.78 is 5.47. The minimum absolute atomic E-state index is 0.165. The van der Waals surface area contributed by atoms with Crippen LogP contribution in [0.25, 0.3) is 0 Å². The number of carbonyl (C=O) groups is 1. The highest BCUT2D eigenvalue weighted by Crippen LogP contribution is 2.24. The van der Waals surface area contributed by atoms with E-state index in [2.05, 4.69) is 17.3 Å². The molecular formula is C17H33N3O2. The zero-order chi connectivity index (χ0) is 16.2. The van der Waals surface area contributed by atoms with Gasteiger partial charge in [0.1, 0.15) is 5.60 Å². The first-order valence-electron chi connectivity index (χ1n) is 8.77. The predicted octanol–water partition coefficient (Wildman–Crippen LogP) is 2.46. The van der Waals surface area contributed by atoms with Crippen molar-refractivity contribution in [3.8, 4) is 0 Å². The van der Waals surface area contributed by atoms with Gasteiger partial charge in [0.2, 0.25) is 0 Å². The average Bonchev–Trinajstić information content (AvgIpc) is 3.24. The van der Waals surface area contributed by atoms with Gasteiger partial charge >= 0.3 is 6.09 Å². The Bertz CT molecular complexity index is 363. The SMILES string of the molecule is CN(CCNC1CCCN(C(=O)OC(C)(C)C)CC1)C1CC1. The molecule has 22 heavy (non-hydrogen) atoms. The Kier molecular flexibility index (Phi) is 6.09. The van der Waals surface area contributed by atoms with Crippen molar-refractivity contribution in [1.29, 1.82) is 0 Å². The molecule has 0 aromatic heterocycles. The Morgan fingerprint density at radius 3 is 2.59 bits per heavy atom. The molecule has 2 fully saturated rings. The molecule has 2 rings (SSSR count). The molecule has 1 aliphatic carbocycles. The average molecular weight is 311 g/mol. The quantitative estimate of drug-likeness (QED) is 0.847. The van der Waals surface area contributed by atoms with Crippen LogP contribution in [-0.2, 0) is 4.74 Å².